The molecule has 106 valence electrons. The van der Waals surface area contributed by atoms with Crippen molar-refractivity contribution < 1.29 is 0 Å². The number of likely N-dealkylation sites (tertiary alicyclic amines) is 1. The molecule has 1 aromatic rings. The van der Waals surface area contributed by atoms with Gasteiger partial charge < -0.3 is 15.5 Å². The van der Waals surface area contributed by atoms with E-state index in [9.17, 15) is 0 Å². The zero-order valence-corrected chi connectivity index (χ0v) is 13.7. The molecule has 0 radical (unpaired) electrons. The average Bonchev–Trinajstić information content (AvgIpc) is 2.37. The van der Waals surface area contributed by atoms with Gasteiger partial charge in [0.2, 0.25) is 0 Å². The first kappa shape index (κ1) is 14.8. The Balaban J connectivity index is 2.15. The Hall–Kier alpha value is -0.580. The van der Waals surface area contributed by atoms with Crippen molar-refractivity contribution in [3.05, 3.63) is 28.2 Å². The van der Waals surface area contributed by atoms with Crippen LogP contribution in [0.5, 0.6) is 0 Å². The minimum Gasteiger partial charge on any atom is -0.370 e. The van der Waals surface area contributed by atoms with Gasteiger partial charge in [0.05, 0.1) is 0 Å². The smallest absolute Gasteiger partial charge is 0.0414 e. The number of hydrogen-bond acceptors (Lipinski definition) is 3. The molecule has 1 unspecified atom stereocenters. The third-order valence-corrected chi connectivity index (χ3v) is 4.72. The van der Waals surface area contributed by atoms with Crippen LogP contribution >= 0.6 is 15.9 Å². The SMILES string of the molecule is C[C@@H](N)c1ccc(N(C)C2CCCN(C)C2)cc1Br. The molecule has 3 nitrogen and oxygen atoms in total. The van der Waals surface area contributed by atoms with Crippen molar-refractivity contribution >= 4 is 21.6 Å². The molecule has 1 aliphatic rings. The molecule has 19 heavy (non-hydrogen) atoms. The highest BCUT2D eigenvalue weighted by Gasteiger charge is 2.21. The predicted molar refractivity (Wildman–Crippen MR) is 85.7 cm³/mol. The molecular weight excluding hydrogens is 302 g/mol. The number of piperidine rings is 1. The highest BCUT2D eigenvalue weighted by molar-refractivity contribution is 9.10. The van der Waals surface area contributed by atoms with Gasteiger partial charge >= 0.3 is 0 Å². The topological polar surface area (TPSA) is 32.5 Å². The maximum absolute atomic E-state index is 5.95. The van der Waals surface area contributed by atoms with Crippen LogP contribution in [-0.2, 0) is 0 Å². The van der Waals surface area contributed by atoms with Crippen molar-refractivity contribution in [2.45, 2.75) is 31.8 Å². The second-order valence-electron chi connectivity index (χ2n) is 5.66. The number of nitrogens with two attached hydrogens (primary N) is 1. The van der Waals surface area contributed by atoms with Crippen molar-refractivity contribution in [3.8, 4) is 0 Å². The fraction of sp³-hybridized carbons (Fsp3) is 0.600. The largest absolute Gasteiger partial charge is 0.370 e. The van der Waals surface area contributed by atoms with E-state index in [1.54, 1.807) is 0 Å². The summed E-state index contributed by atoms with van der Waals surface area (Å²) < 4.78 is 1.11. The zero-order chi connectivity index (χ0) is 14.0. The van der Waals surface area contributed by atoms with Crippen molar-refractivity contribution in [2.75, 3.05) is 32.1 Å². The summed E-state index contributed by atoms with van der Waals surface area (Å²) in [6, 6.07) is 7.17. The van der Waals surface area contributed by atoms with Gasteiger partial charge in [0.25, 0.3) is 0 Å². The van der Waals surface area contributed by atoms with Gasteiger partial charge in [0.1, 0.15) is 0 Å². The number of nitrogens with zero attached hydrogens (tertiary/aromatic N) is 2. The Kier molecular flexibility index (Phi) is 4.87. The van der Waals surface area contributed by atoms with Gasteiger partial charge in [-0.15, -0.1) is 0 Å². The fourth-order valence-corrected chi connectivity index (χ4v) is 3.50. The Morgan fingerprint density at radius 3 is 2.79 bits per heavy atom. The third-order valence-electron chi connectivity index (χ3n) is 4.03. The van der Waals surface area contributed by atoms with E-state index in [0.29, 0.717) is 6.04 Å². The Labute approximate surface area is 124 Å². The Morgan fingerprint density at radius 2 is 2.21 bits per heavy atom. The van der Waals surface area contributed by atoms with Crippen LogP contribution in [0.25, 0.3) is 0 Å². The molecule has 0 spiro atoms. The predicted octanol–water partition coefficient (Wildman–Crippen LogP) is 3.00. The average molecular weight is 326 g/mol. The van der Waals surface area contributed by atoms with Gasteiger partial charge in [-0.1, -0.05) is 22.0 Å². The van der Waals surface area contributed by atoms with Crippen molar-refractivity contribution in [3.63, 3.8) is 0 Å². The van der Waals surface area contributed by atoms with Crippen LogP contribution in [0.2, 0.25) is 0 Å². The van der Waals surface area contributed by atoms with Gasteiger partial charge in [-0.05, 0) is 51.1 Å². The number of benzene rings is 1. The summed E-state index contributed by atoms with van der Waals surface area (Å²) in [6.07, 6.45) is 2.55. The zero-order valence-electron chi connectivity index (χ0n) is 12.1. The monoisotopic (exact) mass is 325 g/mol. The van der Waals surface area contributed by atoms with Gasteiger partial charge in [0, 0.05) is 35.8 Å². The van der Waals surface area contributed by atoms with E-state index in [1.807, 2.05) is 6.92 Å². The van der Waals surface area contributed by atoms with E-state index in [4.69, 9.17) is 5.73 Å². The summed E-state index contributed by atoms with van der Waals surface area (Å²) >= 11 is 3.63. The number of anilines is 1. The number of likely N-dealkylation sites (N-methyl/N-ethyl adjacent to an activating group) is 2. The molecule has 4 heteroatoms. The highest BCUT2D eigenvalue weighted by Crippen LogP contribution is 2.29. The molecule has 0 saturated carbocycles. The molecular formula is C15H24BrN3. The summed E-state index contributed by atoms with van der Waals surface area (Å²) in [5, 5.41) is 0. The molecule has 1 heterocycles. The van der Waals surface area contributed by atoms with E-state index in [1.165, 1.54) is 25.1 Å². The van der Waals surface area contributed by atoms with Crippen molar-refractivity contribution in [1.82, 2.24) is 4.90 Å². The lowest BCUT2D eigenvalue weighted by molar-refractivity contribution is 0.248. The molecule has 0 bridgehead atoms. The van der Waals surface area contributed by atoms with Gasteiger partial charge in [0.15, 0.2) is 0 Å². The second-order valence-corrected chi connectivity index (χ2v) is 6.52. The van der Waals surface area contributed by atoms with Crippen LogP contribution in [0.4, 0.5) is 5.69 Å². The van der Waals surface area contributed by atoms with Gasteiger partial charge in [-0.25, -0.2) is 0 Å². The van der Waals surface area contributed by atoms with Crippen molar-refractivity contribution in [2.24, 2.45) is 5.73 Å². The van der Waals surface area contributed by atoms with Crippen LogP contribution in [0.1, 0.15) is 31.4 Å². The van der Waals surface area contributed by atoms with Gasteiger partial charge in [-0.3, -0.25) is 0 Å². The molecule has 2 N–H and O–H groups in total. The van der Waals surface area contributed by atoms with E-state index < -0.39 is 0 Å². The number of halogens is 1. The molecule has 1 fully saturated rings. The van der Waals surface area contributed by atoms with Crippen LogP contribution < -0.4 is 10.6 Å². The quantitative estimate of drug-likeness (QED) is 0.927. The summed E-state index contributed by atoms with van der Waals surface area (Å²) in [5.74, 6) is 0. The fourth-order valence-electron chi connectivity index (χ4n) is 2.77. The Bertz CT molecular complexity index is 433. The number of hydrogen-bond donors (Lipinski definition) is 1. The summed E-state index contributed by atoms with van der Waals surface area (Å²) in [6.45, 7) is 4.38. The molecule has 1 aromatic carbocycles. The first-order valence-corrected chi connectivity index (χ1v) is 7.74. The lowest BCUT2D eigenvalue weighted by Crippen LogP contribution is -2.45. The van der Waals surface area contributed by atoms with Crippen LogP contribution in [0.15, 0.2) is 22.7 Å². The summed E-state index contributed by atoms with van der Waals surface area (Å²) in [4.78, 5) is 4.81. The summed E-state index contributed by atoms with van der Waals surface area (Å²) in [5.41, 5.74) is 8.38. The highest BCUT2D eigenvalue weighted by atomic mass is 79.9. The lowest BCUT2D eigenvalue weighted by Gasteiger charge is -2.37. The van der Waals surface area contributed by atoms with Crippen LogP contribution in [0.3, 0.4) is 0 Å². The molecule has 2 atom stereocenters. The lowest BCUT2D eigenvalue weighted by atomic mass is 10.0. The molecule has 0 aliphatic carbocycles. The van der Waals surface area contributed by atoms with E-state index in [-0.39, 0.29) is 6.04 Å². The molecule has 0 amide bonds. The minimum absolute atomic E-state index is 0.0644. The minimum atomic E-state index is 0.0644. The summed E-state index contributed by atoms with van der Waals surface area (Å²) in [7, 11) is 4.40. The third kappa shape index (κ3) is 3.50. The second kappa shape index (κ2) is 6.25. The maximum atomic E-state index is 5.95. The first-order valence-electron chi connectivity index (χ1n) is 6.95. The molecule has 1 aliphatic heterocycles. The normalized spacial score (nSPS) is 22.3. The van der Waals surface area contributed by atoms with Gasteiger partial charge in [-0.2, -0.15) is 0 Å². The Morgan fingerprint density at radius 1 is 1.47 bits per heavy atom. The van der Waals surface area contributed by atoms with E-state index >= 15 is 0 Å². The maximum Gasteiger partial charge on any atom is 0.0414 e. The van der Waals surface area contributed by atoms with Crippen LogP contribution in [-0.4, -0.2) is 38.1 Å². The first-order chi connectivity index (χ1) is 8.99. The van der Waals surface area contributed by atoms with Crippen LogP contribution in [0, 0.1) is 0 Å². The molecule has 0 aromatic heterocycles. The van der Waals surface area contributed by atoms with E-state index in [0.717, 1.165) is 16.6 Å². The standard InChI is InChI=1S/C15H24BrN3/c1-11(17)14-7-6-12(9-15(14)16)19(3)13-5-4-8-18(2)10-13/h6-7,9,11,13H,4-5,8,10,17H2,1-3H3/t11-,13?/m1/s1. The number of rotatable bonds is 3. The molecule has 2 rings (SSSR count). The van der Waals surface area contributed by atoms with Crippen molar-refractivity contribution in [1.29, 1.82) is 0 Å². The van der Waals surface area contributed by atoms with E-state index in [2.05, 4.69) is 58.0 Å². The molecule has 1 saturated heterocycles.